The Hall–Kier alpha value is -2.73. The first-order valence-corrected chi connectivity index (χ1v) is 7.36. The van der Waals surface area contributed by atoms with Crippen molar-refractivity contribution >= 4 is 29.2 Å². The topological polar surface area (TPSA) is 73.9 Å². The summed E-state index contributed by atoms with van der Waals surface area (Å²) in [6.07, 6.45) is 0. The first kappa shape index (κ1) is 17.6. The zero-order valence-electron chi connectivity index (χ0n) is 13.2. The summed E-state index contributed by atoms with van der Waals surface area (Å²) in [5.41, 5.74) is 0.588. The van der Waals surface area contributed by atoms with E-state index < -0.39 is 5.97 Å². The number of hydrogen-bond donors (Lipinski definition) is 1. The lowest BCUT2D eigenvalue weighted by Crippen LogP contribution is -2.20. The quantitative estimate of drug-likeness (QED) is 0.811. The average molecular weight is 350 g/mol. The Morgan fingerprint density at radius 1 is 1.08 bits per heavy atom. The SMILES string of the molecule is COC(=O)c1cc(NC(=O)COc2cccc(OC)c2)ccc1Cl. The van der Waals surface area contributed by atoms with Gasteiger partial charge in [-0.3, -0.25) is 4.79 Å². The number of carbonyl (C=O) groups excluding carboxylic acids is 2. The minimum Gasteiger partial charge on any atom is -0.497 e. The summed E-state index contributed by atoms with van der Waals surface area (Å²) in [5.74, 6) is 0.184. The van der Waals surface area contributed by atoms with Gasteiger partial charge in [-0.25, -0.2) is 4.79 Å². The second kappa shape index (κ2) is 8.21. The van der Waals surface area contributed by atoms with Gasteiger partial charge in [-0.1, -0.05) is 17.7 Å². The Bertz CT molecular complexity index is 748. The molecule has 0 atom stereocenters. The molecule has 0 aliphatic heterocycles. The number of amides is 1. The third kappa shape index (κ3) is 4.63. The summed E-state index contributed by atoms with van der Waals surface area (Å²) < 4.78 is 15.1. The Labute approximate surface area is 144 Å². The lowest BCUT2D eigenvalue weighted by molar-refractivity contribution is -0.118. The molecule has 0 spiro atoms. The predicted octanol–water partition coefficient (Wildman–Crippen LogP) is 3.15. The van der Waals surface area contributed by atoms with Gasteiger partial charge in [0.2, 0.25) is 0 Å². The Morgan fingerprint density at radius 3 is 2.54 bits per heavy atom. The second-order valence-corrected chi connectivity index (χ2v) is 5.11. The van der Waals surface area contributed by atoms with Crippen molar-refractivity contribution < 1.29 is 23.8 Å². The molecule has 126 valence electrons. The van der Waals surface area contributed by atoms with Crippen LogP contribution in [0.3, 0.4) is 0 Å². The van der Waals surface area contributed by atoms with Crippen LogP contribution in [0.15, 0.2) is 42.5 Å². The van der Waals surface area contributed by atoms with Crippen molar-refractivity contribution in [2.45, 2.75) is 0 Å². The second-order valence-electron chi connectivity index (χ2n) is 4.70. The third-order valence-corrected chi connectivity index (χ3v) is 3.40. The van der Waals surface area contributed by atoms with Crippen molar-refractivity contribution in [1.82, 2.24) is 0 Å². The molecule has 6 nitrogen and oxygen atoms in total. The third-order valence-electron chi connectivity index (χ3n) is 3.07. The zero-order chi connectivity index (χ0) is 17.5. The fourth-order valence-corrected chi connectivity index (χ4v) is 2.10. The summed E-state index contributed by atoms with van der Waals surface area (Å²) in [6, 6.07) is 11.4. The molecule has 0 radical (unpaired) electrons. The van der Waals surface area contributed by atoms with Gasteiger partial charge in [0.15, 0.2) is 6.61 Å². The molecule has 1 N–H and O–H groups in total. The number of rotatable bonds is 6. The fraction of sp³-hybridized carbons (Fsp3) is 0.176. The van der Waals surface area contributed by atoms with Gasteiger partial charge in [-0.05, 0) is 30.3 Å². The number of hydrogen-bond acceptors (Lipinski definition) is 5. The van der Waals surface area contributed by atoms with Gasteiger partial charge < -0.3 is 19.5 Å². The van der Waals surface area contributed by atoms with Gasteiger partial charge in [0.1, 0.15) is 11.5 Å². The number of anilines is 1. The number of nitrogens with one attached hydrogen (secondary N) is 1. The van der Waals surface area contributed by atoms with Crippen LogP contribution in [0.1, 0.15) is 10.4 Å². The molecular weight excluding hydrogens is 334 g/mol. The number of esters is 1. The molecule has 0 aliphatic carbocycles. The maximum atomic E-state index is 12.0. The molecule has 0 aromatic heterocycles. The molecule has 0 fully saturated rings. The van der Waals surface area contributed by atoms with Crippen LogP contribution in [0.25, 0.3) is 0 Å². The molecular formula is C17H16ClNO5. The number of halogens is 1. The monoisotopic (exact) mass is 349 g/mol. The van der Waals surface area contributed by atoms with Crippen molar-refractivity contribution in [3.8, 4) is 11.5 Å². The van der Waals surface area contributed by atoms with Crippen LogP contribution in [-0.2, 0) is 9.53 Å². The highest BCUT2D eigenvalue weighted by atomic mass is 35.5. The van der Waals surface area contributed by atoms with E-state index in [1.165, 1.54) is 19.2 Å². The van der Waals surface area contributed by atoms with Gasteiger partial charge in [0, 0.05) is 11.8 Å². The van der Waals surface area contributed by atoms with E-state index in [0.29, 0.717) is 17.2 Å². The van der Waals surface area contributed by atoms with E-state index in [1.807, 2.05) is 0 Å². The van der Waals surface area contributed by atoms with E-state index in [0.717, 1.165) is 0 Å². The van der Waals surface area contributed by atoms with Crippen molar-refractivity contribution in [1.29, 1.82) is 0 Å². The van der Waals surface area contributed by atoms with E-state index >= 15 is 0 Å². The molecule has 1 amide bonds. The lowest BCUT2D eigenvalue weighted by atomic mass is 10.2. The van der Waals surface area contributed by atoms with E-state index in [9.17, 15) is 9.59 Å². The molecule has 0 unspecified atom stereocenters. The first-order chi connectivity index (χ1) is 11.5. The summed E-state index contributed by atoms with van der Waals surface area (Å²) >= 11 is 5.93. The van der Waals surface area contributed by atoms with Crippen LogP contribution in [0, 0.1) is 0 Å². The lowest BCUT2D eigenvalue weighted by Gasteiger charge is -2.10. The van der Waals surface area contributed by atoms with Crippen LogP contribution in [-0.4, -0.2) is 32.7 Å². The van der Waals surface area contributed by atoms with Gasteiger partial charge in [0.25, 0.3) is 5.91 Å². The van der Waals surface area contributed by atoms with Crippen LogP contribution >= 0.6 is 11.6 Å². The van der Waals surface area contributed by atoms with Crippen molar-refractivity contribution in [3.05, 3.63) is 53.1 Å². The molecule has 0 saturated heterocycles. The number of ether oxygens (including phenoxy) is 3. The molecule has 0 heterocycles. The van der Waals surface area contributed by atoms with Crippen LogP contribution in [0.5, 0.6) is 11.5 Å². The zero-order valence-corrected chi connectivity index (χ0v) is 13.9. The molecule has 2 aromatic rings. The van der Waals surface area contributed by atoms with E-state index in [-0.39, 0.29) is 23.1 Å². The Balaban J connectivity index is 1.98. The number of benzene rings is 2. The highest BCUT2D eigenvalue weighted by Gasteiger charge is 2.12. The maximum absolute atomic E-state index is 12.0. The number of carbonyl (C=O) groups is 2. The van der Waals surface area contributed by atoms with Gasteiger partial charge in [-0.2, -0.15) is 0 Å². The molecule has 2 aromatic carbocycles. The van der Waals surface area contributed by atoms with Gasteiger partial charge in [0.05, 0.1) is 24.8 Å². The van der Waals surface area contributed by atoms with Gasteiger partial charge >= 0.3 is 5.97 Å². The summed E-state index contributed by atoms with van der Waals surface area (Å²) in [7, 11) is 2.80. The van der Waals surface area contributed by atoms with E-state index in [4.69, 9.17) is 21.1 Å². The minimum absolute atomic E-state index is 0.172. The van der Waals surface area contributed by atoms with E-state index in [2.05, 4.69) is 10.1 Å². The normalized spacial score (nSPS) is 9.96. The summed E-state index contributed by atoms with van der Waals surface area (Å²) in [5, 5.41) is 2.87. The summed E-state index contributed by atoms with van der Waals surface area (Å²) in [4.78, 5) is 23.5. The fourth-order valence-electron chi connectivity index (χ4n) is 1.91. The smallest absolute Gasteiger partial charge is 0.339 e. The van der Waals surface area contributed by atoms with Crippen LogP contribution in [0.4, 0.5) is 5.69 Å². The van der Waals surface area contributed by atoms with Crippen molar-refractivity contribution in [3.63, 3.8) is 0 Å². The Morgan fingerprint density at radius 2 is 1.83 bits per heavy atom. The molecule has 7 heteroatoms. The molecule has 0 aliphatic rings. The van der Waals surface area contributed by atoms with E-state index in [1.54, 1.807) is 37.4 Å². The van der Waals surface area contributed by atoms with Crippen LogP contribution < -0.4 is 14.8 Å². The molecule has 0 saturated carbocycles. The average Bonchev–Trinajstić information content (AvgIpc) is 2.61. The van der Waals surface area contributed by atoms with Crippen LogP contribution in [0.2, 0.25) is 5.02 Å². The Kier molecular flexibility index (Phi) is 6.03. The highest BCUT2D eigenvalue weighted by Crippen LogP contribution is 2.22. The minimum atomic E-state index is -0.580. The summed E-state index contributed by atoms with van der Waals surface area (Å²) in [6.45, 7) is -0.191. The maximum Gasteiger partial charge on any atom is 0.339 e. The highest BCUT2D eigenvalue weighted by molar-refractivity contribution is 6.33. The molecule has 0 bridgehead atoms. The molecule has 24 heavy (non-hydrogen) atoms. The molecule has 2 rings (SSSR count). The predicted molar refractivity (Wildman–Crippen MR) is 89.9 cm³/mol. The van der Waals surface area contributed by atoms with Crippen molar-refractivity contribution in [2.24, 2.45) is 0 Å². The first-order valence-electron chi connectivity index (χ1n) is 6.98. The van der Waals surface area contributed by atoms with Crippen molar-refractivity contribution in [2.75, 3.05) is 26.1 Å². The number of methoxy groups -OCH3 is 2. The standard InChI is InChI=1S/C17H16ClNO5/c1-22-12-4-3-5-13(9-12)24-10-16(20)19-11-6-7-15(18)14(8-11)17(21)23-2/h3-9H,10H2,1-2H3,(H,19,20). The van der Waals surface area contributed by atoms with Gasteiger partial charge in [-0.15, -0.1) is 0 Å². The largest absolute Gasteiger partial charge is 0.497 e.